The lowest BCUT2D eigenvalue weighted by Gasteiger charge is -2.34. The molecule has 0 radical (unpaired) electrons. The third kappa shape index (κ3) is 2.73. The summed E-state index contributed by atoms with van der Waals surface area (Å²) in [5.41, 5.74) is 0. The Morgan fingerprint density at radius 1 is 1.15 bits per heavy atom. The van der Waals surface area contributed by atoms with E-state index in [1.807, 2.05) is 19.3 Å². The molecular formula is C15H24N4O. The number of carbonyl (C=O) groups is 1. The molecule has 1 aromatic rings. The van der Waals surface area contributed by atoms with E-state index < -0.39 is 0 Å². The van der Waals surface area contributed by atoms with Crippen LogP contribution in [0.2, 0.25) is 0 Å². The van der Waals surface area contributed by atoms with Gasteiger partial charge in [0.15, 0.2) is 0 Å². The number of rotatable bonds is 2. The van der Waals surface area contributed by atoms with Gasteiger partial charge in [0, 0.05) is 38.6 Å². The third-order valence-corrected chi connectivity index (χ3v) is 4.60. The number of hydrogen-bond acceptors (Lipinski definition) is 3. The summed E-state index contributed by atoms with van der Waals surface area (Å²) in [5.74, 6) is 1.37. The Morgan fingerprint density at radius 2 is 1.90 bits per heavy atom. The summed E-state index contributed by atoms with van der Waals surface area (Å²) in [7, 11) is 0. The molecule has 110 valence electrons. The predicted octanol–water partition coefficient (Wildman–Crippen LogP) is 1.49. The zero-order valence-corrected chi connectivity index (χ0v) is 12.3. The number of aromatic nitrogens is 2. The molecule has 0 aliphatic carbocycles. The number of carbonyl (C=O) groups excluding carboxylic acids is 1. The van der Waals surface area contributed by atoms with Crippen molar-refractivity contribution in [3.63, 3.8) is 0 Å². The smallest absolute Gasteiger partial charge is 0.239 e. The minimum atomic E-state index is -0.0291. The maximum absolute atomic E-state index is 12.7. The topological polar surface area (TPSA) is 41.4 Å². The fourth-order valence-corrected chi connectivity index (χ4v) is 3.23. The van der Waals surface area contributed by atoms with Crippen LogP contribution in [0.3, 0.4) is 0 Å². The first-order valence-corrected chi connectivity index (χ1v) is 7.78. The summed E-state index contributed by atoms with van der Waals surface area (Å²) in [6, 6.07) is -0.0291. The number of amides is 1. The zero-order chi connectivity index (χ0) is 13.9. The second-order valence-corrected chi connectivity index (χ2v) is 5.92. The van der Waals surface area contributed by atoms with E-state index in [-0.39, 0.29) is 6.04 Å². The zero-order valence-electron chi connectivity index (χ0n) is 12.3. The first kappa shape index (κ1) is 13.6. The van der Waals surface area contributed by atoms with Gasteiger partial charge in [-0.15, -0.1) is 0 Å². The van der Waals surface area contributed by atoms with Crippen LogP contribution >= 0.6 is 0 Å². The molecule has 0 N–H and O–H groups in total. The van der Waals surface area contributed by atoms with Gasteiger partial charge >= 0.3 is 0 Å². The van der Waals surface area contributed by atoms with E-state index in [0.29, 0.717) is 5.91 Å². The highest BCUT2D eigenvalue weighted by Crippen LogP contribution is 2.17. The largest absolute Gasteiger partial charge is 0.341 e. The van der Waals surface area contributed by atoms with Crippen molar-refractivity contribution in [3.05, 3.63) is 18.2 Å². The Morgan fingerprint density at radius 3 is 2.65 bits per heavy atom. The molecule has 1 aromatic heterocycles. The normalized spacial score (nSPS) is 22.1. The molecule has 0 unspecified atom stereocenters. The lowest BCUT2D eigenvalue weighted by atomic mass is 10.2. The van der Waals surface area contributed by atoms with Gasteiger partial charge in [0.05, 0.1) is 12.6 Å². The van der Waals surface area contributed by atoms with Crippen molar-refractivity contribution >= 4 is 5.91 Å². The van der Waals surface area contributed by atoms with Crippen LogP contribution in [0.1, 0.15) is 38.4 Å². The number of fused-ring (bicyclic) bond motifs is 1. The van der Waals surface area contributed by atoms with Crippen LogP contribution < -0.4 is 0 Å². The Hall–Kier alpha value is -1.36. The van der Waals surface area contributed by atoms with Gasteiger partial charge in [0.1, 0.15) is 5.82 Å². The maximum Gasteiger partial charge on any atom is 0.239 e. The van der Waals surface area contributed by atoms with Gasteiger partial charge in [-0.1, -0.05) is 12.8 Å². The van der Waals surface area contributed by atoms with Gasteiger partial charge in [-0.3, -0.25) is 9.69 Å². The molecule has 1 fully saturated rings. The number of imidazole rings is 1. The summed E-state index contributed by atoms with van der Waals surface area (Å²) in [5, 5.41) is 0. The number of nitrogens with zero attached hydrogens (tertiary/aromatic N) is 4. The lowest BCUT2D eigenvalue weighted by Crippen LogP contribution is -2.49. The first-order chi connectivity index (χ1) is 9.75. The molecule has 20 heavy (non-hydrogen) atoms. The molecule has 1 saturated heterocycles. The van der Waals surface area contributed by atoms with E-state index in [2.05, 4.69) is 19.4 Å². The van der Waals surface area contributed by atoms with E-state index in [1.54, 1.807) is 0 Å². The van der Waals surface area contributed by atoms with Gasteiger partial charge in [-0.2, -0.15) is 0 Å². The first-order valence-electron chi connectivity index (χ1n) is 7.78. The van der Waals surface area contributed by atoms with Crippen LogP contribution in [-0.4, -0.2) is 50.9 Å². The van der Waals surface area contributed by atoms with E-state index >= 15 is 0 Å². The standard InChI is InChI=1S/C15H24N4O/c1-13(15(20)18-7-4-2-3-5-8-18)19-11-10-17-9-6-16-14(17)12-19/h6,9,13H,2-5,7-8,10-12H2,1H3/t13-/m1/s1. The van der Waals surface area contributed by atoms with Crippen LogP contribution in [0.4, 0.5) is 0 Å². The van der Waals surface area contributed by atoms with Crippen molar-refractivity contribution < 1.29 is 4.79 Å². The van der Waals surface area contributed by atoms with Crippen molar-refractivity contribution in [2.45, 2.75) is 51.7 Å². The van der Waals surface area contributed by atoms with Crippen LogP contribution in [0, 0.1) is 0 Å². The molecule has 3 rings (SSSR count). The van der Waals surface area contributed by atoms with E-state index in [4.69, 9.17) is 0 Å². The molecule has 0 aromatic carbocycles. The Kier molecular flexibility index (Phi) is 4.05. The highest BCUT2D eigenvalue weighted by molar-refractivity contribution is 5.81. The Balaban J connectivity index is 1.63. The van der Waals surface area contributed by atoms with Crippen molar-refractivity contribution in [1.82, 2.24) is 19.4 Å². The fourth-order valence-electron chi connectivity index (χ4n) is 3.23. The second kappa shape index (κ2) is 5.95. The van der Waals surface area contributed by atoms with Crippen molar-refractivity contribution in [1.29, 1.82) is 0 Å². The summed E-state index contributed by atoms with van der Waals surface area (Å²) in [6.45, 7) is 6.58. The van der Waals surface area contributed by atoms with Crippen LogP contribution in [-0.2, 0) is 17.9 Å². The molecule has 1 amide bonds. The highest BCUT2D eigenvalue weighted by Gasteiger charge is 2.29. The molecule has 5 heteroatoms. The van der Waals surface area contributed by atoms with Gasteiger partial charge in [-0.25, -0.2) is 4.98 Å². The molecule has 0 spiro atoms. The molecule has 1 atom stereocenters. The van der Waals surface area contributed by atoms with E-state index in [0.717, 1.165) is 51.4 Å². The number of likely N-dealkylation sites (tertiary alicyclic amines) is 1. The van der Waals surface area contributed by atoms with Gasteiger partial charge in [0.25, 0.3) is 0 Å². The summed E-state index contributed by atoms with van der Waals surface area (Å²) in [4.78, 5) is 21.4. The quantitative estimate of drug-likeness (QED) is 0.822. The van der Waals surface area contributed by atoms with Crippen molar-refractivity contribution in [2.75, 3.05) is 19.6 Å². The molecule has 3 heterocycles. The van der Waals surface area contributed by atoms with Crippen molar-refractivity contribution in [3.8, 4) is 0 Å². The molecule has 2 aliphatic heterocycles. The fraction of sp³-hybridized carbons (Fsp3) is 0.733. The average molecular weight is 276 g/mol. The number of hydrogen-bond donors (Lipinski definition) is 0. The SMILES string of the molecule is C[C@H](C(=O)N1CCCCCC1)N1CCn2ccnc2C1. The third-order valence-electron chi connectivity index (χ3n) is 4.60. The average Bonchev–Trinajstić information content (AvgIpc) is 2.77. The molecule has 0 bridgehead atoms. The van der Waals surface area contributed by atoms with Crippen molar-refractivity contribution in [2.24, 2.45) is 0 Å². The molecule has 0 saturated carbocycles. The van der Waals surface area contributed by atoms with Crippen LogP contribution in [0.25, 0.3) is 0 Å². The van der Waals surface area contributed by atoms with E-state index in [1.165, 1.54) is 12.8 Å². The maximum atomic E-state index is 12.7. The summed E-state index contributed by atoms with van der Waals surface area (Å²) >= 11 is 0. The van der Waals surface area contributed by atoms with Gasteiger partial charge < -0.3 is 9.47 Å². The van der Waals surface area contributed by atoms with Crippen LogP contribution in [0.15, 0.2) is 12.4 Å². The van der Waals surface area contributed by atoms with Gasteiger partial charge in [0.2, 0.25) is 5.91 Å². The van der Waals surface area contributed by atoms with Crippen LogP contribution in [0.5, 0.6) is 0 Å². The molecule has 5 nitrogen and oxygen atoms in total. The molecular weight excluding hydrogens is 252 g/mol. The lowest BCUT2D eigenvalue weighted by molar-refractivity contribution is -0.137. The summed E-state index contributed by atoms with van der Waals surface area (Å²) < 4.78 is 2.18. The minimum Gasteiger partial charge on any atom is -0.341 e. The monoisotopic (exact) mass is 276 g/mol. The van der Waals surface area contributed by atoms with E-state index in [9.17, 15) is 4.79 Å². The van der Waals surface area contributed by atoms with Gasteiger partial charge in [-0.05, 0) is 19.8 Å². The Bertz CT molecular complexity index is 462. The highest BCUT2D eigenvalue weighted by atomic mass is 16.2. The second-order valence-electron chi connectivity index (χ2n) is 5.92. The minimum absolute atomic E-state index is 0.0291. The molecule has 2 aliphatic rings. The predicted molar refractivity (Wildman–Crippen MR) is 77.1 cm³/mol. The summed E-state index contributed by atoms with van der Waals surface area (Å²) in [6.07, 6.45) is 8.71. The Labute approximate surface area is 120 Å².